The molecule has 0 radical (unpaired) electrons. The number of hydrogen-bond donors (Lipinski definition) is 0. The molecule has 0 atom stereocenters. The van der Waals surface area contributed by atoms with Gasteiger partial charge in [-0.15, -0.1) is 0 Å². The summed E-state index contributed by atoms with van der Waals surface area (Å²) in [5.41, 5.74) is 2.43. The second-order valence-electron chi connectivity index (χ2n) is 7.45. The molecule has 0 bridgehead atoms. The van der Waals surface area contributed by atoms with Gasteiger partial charge < -0.3 is 4.90 Å². The third-order valence-corrected chi connectivity index (χ3v) is 9.02. The average Bonchev–Trinajstić information content (AvgIpc) is 3.21. The quantitative estimate of drug-likeness (QED) is 0.692. The number of benzene rings is 2. The number of nitrogens with zero attached hydrogens (tertiary/aromatic N) is 2. The maximum Gasteiger partial charge on any atom is 0.341 e. The first kappa shape index (κ1) is 21.2. The highest BCUT2D eigenvalue weighted by Crippen LogP contribution is 2.31. The Morgan fingerprint density at radius 3 is 2.20 bits per heavy atom. The zero-order valence-corrected chi connectivity index (χ0v) is 17.8. The Morgan fingerprint density at radius 1 is 0.833 bits per heavy atom. The summed E-state index contributed by atoms with van der Waals surface area (Å²) in [5, 5.41) is 0. The van der Waals surface area contributed by atoms with Crippen LogP contribution in [0.1, 0.15) is 17.5 Å². The lowest BCUT2D eigenvalue weighted by Gasteiger charge is -2.36. The van der Waals surface area contributed by atoms with Gasteiger partial charge in [-0.05, 0) is 54.7 Å². The second-order valence-corrected chi connectivity index (χ2v) is 11.3. The maximum atomic E-state index is 13.1. The van der Waals surface area contributed by atoms with Gasteiger partial charge in [0.25, 0.3) is 0 Å². The number of hydrogen-bond acceptors (Lipinski definition) is 5. The topological polar surface area (TPSA) is 74.8 Å². The smallest absolute Gasteiger partial charge is 0.341 e. The van der Waals surface area contributed by atoms with Gasteiger partial charge in [-0.2, -0.15) is 13.1 Å². The lowest BCUT2D eigenvalue weighted by molar-refractivity contribution is 0.234. The number of aryl methyl sites for hydroxylation is 2. The lowest BCUT2D eigenvalue weighted by Crippen LogP contribution is -2.49. The van der Waals surface area contributed by atoms with Crippen LogP contribution in [0.15, 0.2) is 52.3 Å². The molecule has 162 valence electrons. The molecule has 2 aromatic rings. The van der Waals surface area contributed by atoms with Gasteiger partial charge in [0.1, 0.15) is 0 Å². The van der Waals surface area contributed by atoms with Crippen molar-refractivity contribution >= 4 is 25.5 Å². The fraction of sp³-hybridized carbons (Fsp3) is 0.400. The lowest BCUT2D eigenvalue weighted by atomic mass is 10.1. The van der Waals surface area contributed by atoms with Crippen LogP contribution in [0.3, 0.4) is 0 Å². The van der Waals surface area contributed by atoms with Gasteiger partial charge in [0, 0.05) is 26.2 Å². The van der Waals surface area contributed by atoms with Crippen LogP contribution in [0, 0.1) is 0 Å². The molecule has 0 unspecified atom stereocenters. The molecule has 2 aliphatic rings. The van der Waals surface area contributed by atoms with E-state index in [-0.39, 0.29) is 36.8 Å². The summed E-state index contributed by atoms with van der Waals surface area (Å²) in [6, 6.07) is 10.9. The molecule has 0 spiro atoms. The molecule has 1 heterocycles. The van der Waals surface area contributed by atoms with E-state index in [2.05, 4.69) is 0 Å². The van der Waals surface area contributed by atoms with Gasteiger partial charge in [0.05, 0.1) is 15.5 Å². The van der Waals surface area contributed by atoms with Crippen LogP contribution in [0.2, 0.25) is 0 Å². The van der Waals surface area contributed by atoms with Crippen LogP contribution in [-0.4, -0.2) is 53.1 Å². The Kier molecular flexibility index (Phi) is 5.58. The summed E-state index contributed by atoms with van der Waals surface area (Å²) in [5.74, 6) is -3.51. The molecule has 0 N–H and O–H groups in total. The van der Waals surface area contributed by atoms with Crippen LogP contribution >= 0.6 is 0 Å². The Hall–Kier alpha value is -2.04. The monoisotopic (exact) mass is 456 g/mol. The first-order chi connectivity index (χ1) is 14.2. The molecule has 1 aliphatic heterocycles. The fourth-order valence-corrected chi connectivity index (χ4v) is 6.50. The van der Waals surface area contributed by atoms with Gasteiger partial charge in [0.2, 0.25) is 19.9 Å². The highest BCUT2D eigenvalue weighted by Gasteiger charge is 2.33. The molecule has 0 aromatic heterocycles. The number of halogens is 2. The fourth-order valence-electron chi connectivity index (χ4n) is 4.08. The largest absolute Gasteiger partial charge is 0.368 e. The standard InChI is InChI=1S/C20H22F2N2O4S2/c21-20(22)29(25,26)19-7-2-1-6-18(19)23-10-12-24(13-11-23)30(27,28)17-9-8-15-4-3-5-16(15)14-17/h1-2,6-9,14,20H,3-5,10-13H2. The van der Waals surface area contributed by atoms with Gasteiger partial charge in [0.15, 0.2) is 0 Å². The number of alkyl halides is 2. The first-order valence-electron chi connectivity index (χ1n) is 9.69. The van der Waals surface area contributed by atoms with E-state index in [0.29, 0.717) is 0 Å². The van der Waals surface area contributed by atoms with Crippen molar-refractivity contribution < 1.29 is 25.6 Å². The number of piperazine rings is 1. The predicted molar refractivity (Wildman–Crippen MR) is 109 cm³/mol. The summed E-state index contributed by atoms with van der Waals surface area (Å²) in [7, 11) is -8.43. The third kappa shape index (κ3) is 3.72. The SMILES string of the molecule is O=S(=O)(c1ccccc1N1CCN(S(=O)(=O)c2ccc3c(c2)CCC3)CC1)C(F)F. The van der Waals surface area contributed by atoms with E-state index in [1.165, 1.54) is 22.0 Å². The summed E-state index contributed by atoms with van der Waals surface area (Å²) in [6.07, 6.45) is 2.87. The van der Waals surface area contributed by atoms with E-state index in [4.69, 9.17) is 0 Å². The molecule has 1 fully saturated rings. The van der Waals surface area contributed by atoms with Crippen molar-refractivity contribution in [3.8, 4) is 0 Å². The highest BCUT2D eigenvalue weighted by atomic mass is 32.2. The van der Waals surface area contributed by atoms with Gasteiger partial charge in [-0.3, -0.25) is 0 Å². The van der Waals surface area contributed by atoms with Crippen molar-refractivity contribution in [1.29, 1.82) is 0 Å². The molecule has 0 amide bonds. The molecule has 0 saturated carbocycles. The number of para-hydroxylation sites is 1. The number of rotatable bonds is 5. The zero-order valence-electron chi connectivity index (χ0n) is 16.2. The molecule has 4 rings (SSSR count). The zero-order chi connectivity index (χ0) is 21.5. The number of sulfone groups is 1. The van der Waals surface area contributed by atoms with E-state index in [0.717, 1.165) is 30.9 Å². The number of anilines is 1. The first-order valence-corrected chi connectivity index (χ1v) is 12.7. The van der Waals surface area contributed by atoms with Gasteiger partial charge >= 0.3 is 5.76 Å². The highest BCUT2D eigenvalue weighted by molar-refractivity contribution is 7.91. The van der Waals surface area contributed by atoms with Crippen LogP contribution in [-0.2, 0) is 32.7 Å². The number of fused-ring (bicyclic) bond motifs is 1. The maximum absolute atomic E-state index is 13.1. The molecule has 1 saturated heterocycles. The summed E-state index contributed by atoms with van der Waals surface area (Å²) in [6.45, 7) is 0.699. The molecule has 6 nitrogen and oxygen atoms in total. The van der Waals surface area contributed by atoms with Crippen molar-refractivity contribution in [3.05, 3.63) is 53.6 Å². The van der Waals surface area contributed by atoms with Crippen molar-refractivity contribution in [2.45, 2.75) is 34.8 Å². The Bertz CT molecular complexity index is 1160. The Balaban J connectivity index is 1.54. The minimum Gasteiger partial charge on any atom is -0.368 e. The third-order valence-electron chi connectivity index (χ3n) is 5.69. The molecular weight excluding hydrogens is 434 g/mol. The molecule has 1 aliphatic carbocycles. The van der Waals surface area contributed by atoms with E-state index in [9.17, 15) is 25.6 Å². The molecular formula is C20H22F2N2O4S2. The van der Waals surface area contributed by atoms with E-state index >= 15 is 0 Å². The second kappa shape index (κ2) is 7.90. The summed E-state index contributed by atoms with van der Waals surface area (Å²) in [4.78, 5) is 1.47. The summed E-state index contributed by atoms with van der Waals surface area (Å²) < 4.78 is 77.6. The Labute approximate surface area is 175 Å². The van der Waals surface area contributed by atoms with Crippen LogP contribution in [0.5, 0.6) is 0 Å². The normalized spacial score (nSPS) is 18.0. The van der Waals surface area contributed by atoms with Crippen molar-refractivity contribution in [3.63, 3.8) is 0 Å². The van der Waals surface area contributed by atoms with E-state index in [1.807, 2.05) is 6.07 Å². The van der Waals surface area contributed by atoms with Crippen molar-refractivity contribution in [1.82, 2.24) is 4.31 Å². The van der Waals surface area contributed by atoms with Crippen LogP contribution in [0.4, 0.5) is 14.5 Å². The minimum absolute atomic E-state index is 0.141. The van der Waals surface area contributed by atoms with Crippen LogP contribution < -0.4 is 4.90 Å². The van der Waals surface area contributed by atoms with Gasteiger partial charge in [-0.25, -0.2) is 16.8 Å². The molecule has 10 heteroatoms. The predicted octanol–water partition coefficient (Wildman–Crippen LogP) is 2.68. The molecule has 30 heavy (non-hydrogen) atoms. The van der Waals surface area contributed by atoms with Crippen LogP contribution in [0.25, 0.3) is 0 Å². The van der Waals surface area contributed by atoms with E-state index < -0.39 is 30.5 Å². The molecule has 2 aromatic carbocycles. The average molecular weight is 457 g/mol. The summed E-state index contributed by atoms with van der Waals surface area (Å²) >= 11 is 0. The van der Waals surface area contributed by atoms with Crippen molar-refractivity contribution in [2.24, 2.45) is 0 Å². The number of sulfonamides is 1. The van der Waals surface area contributed by atoms with E-state index in [1.54, 1.807) is 23.1 Å². The Morgan fingerprint density at radius 2 is 1.50 bits per heavy atom. The van der Waals surface area contributed by atoms with Gasteiger partial charge in [-0.1, -0.05) is 18.2 Å². The minimum atomic E-state index is -4.75. The van der Waals surface area contributed by atoms with Crippen molar-refractivity contribution in [2.75, 3.05) is 31.1 Å².